The van der Waals surface area contributed by atoms with Gasteiger partial charge in [-0.05, 0) is 18.6 Å². The normalized spacial score (nSPS) is 11.7. The van der Waals surface area contributed by atoms with E-state index in [1.54, 1.807) is 32.0 Å². The third kappa shape index (κ3) is 3.30. The van der Waals surface area contributed by atoms with Crippen LogP contribution in [-0.4, -0.2) is 36.9 Å². The average Bonchev–Trinajstić information content (AvgIpc) is 2.29. The quantitative estimate of drug-likeness (QED) is 0.850. The molecule has 6 heteroatoms. The SMILES string of the molecule is CCN(CCC(=O)O)S(=O)(=O)c1ccccc1C. The summed E-state index contributed by atoms with van der Waals surface area (Å²) < 4.78 is 25.8. The van der Waals surface area contributed by atoms with Crippen LogP contribution in [0.25, 0.3) is 0 Å². The minimum atomic E-state index is -3.61. The van der Waals surface area contributed by atoms with Crippen molar-refractivity contribution in [2.45, 2.75) is 25.2 Å². The van der Waals surface area contributed by atoms with Crippen LogP contribution in [-0.2, 0) is 14.8 Å². The van der Waals surface area contributed by atoms with Crippen molar-refractivity contribution in [2.24, 2.45) is 0 Å². The molecule has 0 atom stereocenters. The first kappa shape index (κ1) is 14.7. The largest absolute Gasteiger partial charge is 0.481 e. The first-order chi connectivity index (χ1) is 8.39. The summed E-state index contributed by atoms with van der Waals surface area (Å²) >= 11 is 0. The van der Waals surface area contributed by atoms with E-state index in [2.05, 4.69) is 0 Å². The lowest BCUT2D eigenvalue weighted by Gasteiger charge is -2.20. The summed E-state index contributed by atoms with van der Waals surface area (Å²) in [5.74, 6) is -1.01. The van der Waals surface area contributed by atoms with Crippen molar-refractivity contribution in [1.82, 2.24) is 4.31 Å². The Labute approximate surface area is 107 Å². The number of hydrogen-bond acceptors (Lipinski definition) is 3. The van der Waals surface area contributed by atoms with E-state index in [1.807, 2.05) is 0 Å². The van der Waals surface area contributed by atoms with Crippen molar-refractivity contribution in [2.75, 3.05) is 13.1 Å². The molecule has 100 valence electrons. The van der Waals surface area contributed by atoms with Gasteiger partial charge in [-0.2, -0.15) is 4.31 Å². The number of aliphatic carboxylic acids is 1. The lowest BCUT2D eigenvalue weighted by atomic mass is 10.2. The molecule has 5 nitrogen and oxygen atoms in total. The van der Waals surface area contributed by atoms with E-state index in [4.69, 9.17) is 5.11 Å². The van der Waals surface area contributed by atoms with Crippen LogP contribution in [0.1, 0.15) is 18.9 Å². The highest BCUT2D eigenvalue weighted by atomic mass is 32.2. The molecular formula is C12H17NO4S. The molecule has 1 aromatic rings. The van der Waals surface area contributed by atoms with Crippen molar-refractivity contribution < 1.29 is 18.3 Å². The highest BCUT2D eigenvalue weighted by Gasteiger charge is 2.24. The van der Waals surface area contributed by atoms with Crippen LogP contribution < -0.4 is 0 Å². The van der Waals surface area contributed by atoms with Crippen LogP contribution in [0, 0.1) is 6.92 Å². The molecule has 0 aliphatic carbocycles. The van der Waals surface area contributed by atoms with E-state index in [-0.39, 0.29) is 24.4 Å². The Kier molecular flexibility index (Phi) is 4.86. The van der Waals surface area contributed by atoms with Crippen molar-refractivity contribution in [3.05, 3.63) is 29.8 Å². The molecule has 0 saturated heterocycles. The molecule has 0 radical (unpaired) electrons. The van der Waals surface area contributed by atoms with Crippen molar-refractivity contribution in [3.8, 4) is 0 Å². The van der Waals surface area contributed by atoms with Gasteiger partial charge in [-0.15, -0.1) is 0 Å². The van der Waals surface area contributed by atoms with Gasteiger partial charge in [-0.1, -0.05) is 25.1 Å². The summed E-state index contributed by atoms with van der Waals surface area (Å²) in [6, 6.07) is 6.68. The first-order valence-corrected chi connectivity index (χ1v) is 7.11. The Balaban J connectivity index is 3.04. The van der Waals surface area contributed by atoms with Gasteiger partial charge in [0.15, 0.2) is 0 Å². The number of carbonyl (C=O) groups is 1. The molecule has 1 rings (SSSR count). The molecule has 18 heavy (non-hydrogen) atoms. The molecule has 1 N–H and O–H groups in total. The predicted molar refractivity (Wildman–Crippen MR) is 67.9 cm³/mol. The number of aryl methyl sites for hydroxylation is 1. The molecule has 0 aliphatic heterocycles. The van der Waals surface area contributed by atoms with Gasteiger partial charge >= 0.3 is 5.97 Å². The highest BCUT2D eigenvalue weighted by molar-refractivity contribution is 7.89. The lowest BCUT2D eigenvalue weighted by Crippen LogP contribution is -2.33. The molecule has 0 heterocycles. The van der Waals surface area contributed by atoms with E-state index in [0.29, 0.717) is 5.56 Å². The summed E-state index contributed by atoms with van der Waals surface area (Å²) in [5, 5.41) is 8.63. The Morgan fingerprint density at radius 1 is 1.33 bits per heavy atom. The zero-order chi connectivity index (χ0) is 13.8. The number of hydrogen-bond donors (Lipinski definition) is 1. The smallest absolute Gasteiger partial charge is 0.304 e. The minimum absolute atomic E-state index is 0.0114. The third-order valence-electron chi connectivity index (χ3n) is 2.64. The zero-order valence-electron chi connectivity index (χ0n) is 10.5. The fraction of sp³-hybridized carbons (Fsp3) is 0.417. The van der Waals surface area contributed by atoms with Crippen LogP contribution in [0.2, 0.25) is 0 Å². The van der Waals surface area contributed by atoms with Crippen LogP contribution in [0.3, 0.4) is 0 Å². The van der Waals surface area contributed by atoms with E-state index in [1.165, 1.54) is 10.4 Å². The van der Waals surface area contributed by atoms with Gasteiger partial charge in [-0.25, -0.2) is 8.42 Å². The fourth-order valence-corrected chi connectivity index (χ4v) is 3.33. The second-order valence-corrected chi connectivity index (χ2v) is 5.81. The van der Waals surface area contributed by atoms with E-state index in [0.717, 1.165) is 0 Å². The summed E-state index contributed by atoms with van der Waals surface area (Å²) in [4.78, 5) is 10.8. The van der Waals surface area contributed by atoms with Gasteiger partial charge in [-0.3, -0.25) is 4.79 Å². The van der Waals surface area contributed by atoms with Gasteiger partial charge in [0.1, 0.15) is 0 Å². The van der Waals surface area contributed by atoms with Gasteiger partial charge in [0.25, 0.3) is 0 Å². The van der Waals surface area contributed by atoms with Crippen LogP contribution in [0.5, 0.6) is 0 Å². The van der Waals surface area contributed by atoms with Crippen LogP contribution in [0.4, 0.5) is 0 Å². The molecule has 0 spiro atoms. The van der Waals surface area contributed by atoms with E-state index < -0.39 is 16.0 Å². The van der Waals surface area contributed by atoms with Crippen molar-refractivity contribution >= 4 is 16.0 Å². The highest BCUT2D eigenvalue weighted by Crippen LogP contribution is 2.19. The maximum Gasteiger partial charge on any atom is 0.304 e. The maximum atomic E-state index is 12.3. The zero-order valence-corrected chi connectivity index (χ0v) is 11.3. The summed E-state index contributed by atoms with van der Waals surface area (Å²) in [7, 11) is -3.61. The fourth-order valence-electron chi connectivity index (χ4n) is 1.65. The lowest BCUT2D eigenvalue weighted by molar-refractivity contribution is -0.137. The molecule has 0 fully saturated rings. The molecule has 0 amide bonds. The second-order valence-electron chi connectivity index (χ2n) is 3.91. The van der Waals surface area contributed by atoms with Gasteiger partial charge in [0.2, 0.25) is 10.0 Å². The number of sulfonamides is 1. The molecule has 1 aromatic carbocycles. The Hall–Kier alpha value is -1.40. The maximum absolute atomic E-state index is 12.3. The number of benzene rings is 1. The van der Waals surface area contributed by atoms with Crippen LogP contribution >= 0.6 is 0 Å². The van der Waals surface area contributed by atoms with E-state index >= 15 is 0 Å². The molecular weight excluding hydrogens is 254 g/mol. The molecule has 0 unspecified atom stereocenters. The summed E-state index contributed by atoms with van der Waals surface area (Å²) in [6.45, 7) is 3.65. The summed E-state index contributed by atoms with van der Waals surface area (Å²) in [5.41, 5.74) is 0.659. The number of rotatable bonds is 6. The van der Waals surface area contributed by atoms with E-state index in [9.17, 15) is 13.2 Å². The van der Waals surface area contributed by atoms with Gasteiger partial charge in [0, 0.05) is 13.1 Å². The van der Waals surface area contributed by atoms with Gasteiger partial charge < -0.3 is 5.11 Å². The van der Waals surface area contributed by atoms with Crippen molar-refractivity contribution in [3.63, 3.8) is 0 Å². The Morgan fingerprint density at radius 3 is 2.44 bits per heavy atom. The Bertz CT molecular complexity index is 525. The molecule has 0 saturated carbocycles. The topological polar surface area (TPSA) is 74.7 Å². The Morgan fingerprint density at radius 2 is 1.94 bits per heavy atom. The molecule has 0 aliphatic rings. The monoisotopic (exact) mass is 271 g/mol. The minimum Gasteiger partial charge on any atom is -0.481 e. The molecule has 0 bridgehead atoms. The van der Waals surface area contributed by atoms with Gasteiger partial charge in [0.05, 0.1) is 11.3 Å². The summed E-state index contributed by atoms with van der Waals surface area (Å²) in [6.07, 6.45) is -0.195. The number of carboxylic acid groups (broad SMARTS) is 1. The predicted octanol–water partition coefficient (Wildman–Crippen LogP) is 1.48. The second kappa shape index (κ2) is 5.97. The first-order valence-electron chi connectivity index (χ1n) is 5.67. The molecule has 0 aromatic heterocycles. The van der Waals surface area contributed by atoms with Crippen LogP contribution in [0.15, 0.2) is 29.2 Å². The average molecular weight is 271 g/mol. The third-order valence-corrected chi connectivity index (χ3v) is 4.77. The standard InChI is InChI=1S/C12H17NO4S/c1-3-13(9-8-12(14)15)18(16,17)11-7-5-4-6-10(11)2/h4-7H,3,8-9H2,1-2H3,(H,14,15). The van der Waals surface area contributed by atoms with Crippen molar-refractivity contribution in [1.29, 1.82) is 0 Å². The number of carboxylic acids is 1. The number of nitrogens with zero attached hydrogens (tertiary/aromatic N) is 1.